The van der Waals surface area contributed by atoms with Crippen LogP contribution in [-0.2, 0) is 6.18 Å². The summed E-state index contributed by atoms with van der Waals surface area (Å²) < 4.78 is 37.9. The second-order valence-electron chi connectivity index (χ2n) is 4.08. The Labute approximate surface area is 107 Å². The highest BCUT2D eigenvalue weighted by molar-refractivity contribution is 5.93. The van der Waals surface area contributed by atoms with E-state index in [0.29, 0.717) is 25.6 Å². The summed E-state index contributed by atoms with van der Waals surface area (Å²) in [6.07, 6.45) is -0.268. The van der Waals surface area contributed by atoms with Crippen molar-refractivity contribution in [3.8, 4) is 0 Å². The van der Waals surface area contributed by atoms with Crippen molar-refractivity contribution < 1.29 is 23.1 Å². The van der Waals surface area contributed by atoms with Gasteiger partial charge in [0.15, 0.2) is 0 Å². The van der Waals surface area contributed by atoms with Crippen LogP contribution in [-0.4, -0.2) is 29.1 Å². The minimum absolute atomic E-state index is 0.133. The average Bonchev–Trinajstić information content (AvgIpc) is 2.38. The first-order valence-electron chi connectivity index (χ1n) is 5.61. The largest absolute Gasteiger partial charge is 0.478 e. The number of carboxylic acid groups (broad SMARTS) is 1. The van der Waals surface area contributed by atoms with Crippen LogP contribution in [0.5, 0.6) is 0 Å². The van der Waals surface area contributed by atoms with E-state index in [9.17, 15) is 18.0 Å². The van der Waals surface area contributed by atoms with E-state index in [1.807, 2.05) is 6.08 Å². The molecule has 102 valence electrons. The lowest BCUT2D eigenvalue weighted by Gasteiger charge is -2.26. The molecule has 0 unspecified atom stereocenters. The lowest BCUT2D eigenvalue weighted by atomic mass is 10.2. The van der Waals surface area contributed by atoms with Gasteiger partial charge in [0.2, 0.25) is 0 Å². The summed E-state index contributed by atoms with van der Waals surface area (Å²) in [5.41, 5.74) is -1.30. The monoisotopic (exact) mass is 272 g/mol. The van der Waals surface area contributed by atoms with Crippen molar-refractivity contribution in [3.05, 3.63) is 35.5 Å². The number of rotatable bonds is 2. The Balaban J connectivity index is 2.47. The van der Waals surface area contributed by atoms with E-state index >= 15 is 0 Å². The van der Waals surface area contributed by atoms with Crippen LogP contribution in [0.25, 0.3) is 0 Å². The number of nitrogens with zero attached hydrogens (tertiary/aromatic N) is 2. The molecule has 0 saturated carbocycles. The topological polar surface area (TPSA) is 53.4 Å². The zero-order valence-corrected chi connectivity index (χ0v) is 9.81. The van der Waals surface area contributed by atoms with Gasteiger partial charge < -0.3 is 10.0 Å². The number of alkyl halides is 3. The van der Waals surface area contributed by atoms with Crippen LogP contribution in [0.1, 0.15) is 22.5 Å². The van der Waals surface area contributed by atoms with Gasteiger partial charge in [-0.05, 0) is 18.6 Å². The van der Waals surface area contributed by atoms with Crippen LogP contribution in [0.2, 0.25) is 0 Å². The number of carbonyl (C=O) groups is 1. The lowest BCUT2D eigenvalue weighted by Crippen LogP contribution is -2.30. The second kappa shape index (κ2) is 4.91. The van der Waals surface area contributed by atoms with E-state index in [2.05, 4.69) is 4.98 Å². The first-order valence-corrected chi connectivity index (χ1v) is 5.61. The number of hydrogen-bond acceptors (Lipinski definition) is 3. The van der Waals surface area contributed by atoms with Crippen molar-refractivity contribution in [1.29, 1.82) is 0 Å². The molecule has 1 aliphatic heterocycles. The first-order chi connectivity index (χ1) is 8.89. The van der Waals surface area contributed by atoms with Gasteiger partial charge >= 0.3 is 12.1 Å². The third-order valence-electron chi connectivity index (χ3n) is 2.75. The summed E-state index contributed by atoms with van der Waals surface area (Å²) in [5.74, 6) is -1.42. The Kier molecular flexibility index (Phi) is 3.46. The maximum absolute atomic E-state index is 12.6. The molecule has 0 amide bonds. The highest BCUT2D eigenvalue weighted by Crippen LogP contribution is 2.31. The summed E-state index contributed by atoms with van der Waals surface area (Å²) in [5, 5.41) is 9.02. The van der Waals surface area contributed by atoms with Crippen LogP contribution >= 0.6 is 0 Å². The molecule has 2 rings (SSSR count). The van der Waals surface area contributed by atoms with Crippen LogP contribution in [0.4, 0.5) is 19.0 Å². The molecular formula is C12H11F3N2O2. The molecule has 7 heteroatoms. The van der Waals surface area contributed by atoms with E-state index in [1.54, 1.807) is 6.08 Å². The van der Waals surface area contributed by atoms with Crippen LogP contribution in [0.15, 0.2) is 24.3 Å². The Morgan fingerprint density at radius 2 is 2.05 bits per heavy atom. The minimum Gasteiger partial charge on any atom is -0.478 e. The molecule has 0 aliphatic carbocycles. The zero-order chi connectivity index (χ0) is 14.0. The Morgan fingerprint density at radius 3 is 2.58 bits per heavy atom. The second-order valence-corrected chi connectivity index (χ2v) is 4.08. The van der Waals surface area contributed by atoms with Crippen LogP contribution in [0.3, 0.4) is 0 Å². The molecule has 0 saturated heterocycles. The molecule has 0 bridgehead atoms. The van der Waals surface area contributed by atoms with Gasteiger partial charge in [-0.2, -0.15) is 13.2 Å². The summed E-state index contributed by atoms with van der Waals surface area (Å²) in [6.45, 7) is 0.805. The predicted molar refractivity (Wildman–Crippen MR) is 62.2 cm³/mol. The van der Waals surface area contributed by atoms with Crippen molar-refractivity contribution in [2.75, 3.05) is 18.0 Å². The van der Waals surface area contributed by atoms with Gasteiger partial charge in [0, 0.05) is 13.1 Å². The quantitative estimate of drug-likeness (QED) is 0.841. The van der Waals surface area contributed by atoms with Crippen molar-refractivity contribution in [2.24, 2.45) is 0 Å². The standard InChI is InChI=1S/C12H11F3N2O2/c13-12(14,15)9-5-4-8(11(18)19)10(16-9)17-6-2-1-3-7-17/h1-2,4-5H,3,6-7H2,(H,18,19). The van der Waals surface area contributed by atoms with Gasteiger partial charge in [0.25, 0.3) is 0 Å². The average molecular weight is 272 g/mol. The first kappa shape index (κ1) is 13.4. The zero-order valence-electron chi connectivity index (χ0n) is 9.81. The van der Waals surface area contributed by atoms with Gasteiger partial charge in [0.05, 0.1) is 0 Å². The van der Waals surface area contributed by atoms with Crippen molar-refractivity contribution in [2.45, 2.75) is 12.6 Å². The molecule has 0 aromatic carbocycles. The molecule has 1 N–H and O–H groups in total. The smallest absolute Gasteiger partial charge is 0.433 e. The fraction of sp³-hybridized carbons (Fsp3) is 0.333. The highest BCUT2D eigenvalue weighted by Gasteiger charge is 2.34. The van der Waals surface area contributed by atoms with E-state index in [-0.39, 0.29) is 11.4 Å². The predicted octanol–water partition coefficient (Wildman–Crippen LogP) is 2.56. The molecule has 0 fully saturated rings. The number of halogens is 3. The maximum Gasteiger partial charge on any atom is 0.433 e. The summed E-state index contributed by atoms with van der Waals surface area (Å²) in [4.78, 5) is 16.1. The molecule has 2 heterocycles. The van der Waals surface area contributed by atoms with Gasteiger partial charge in [-0.25, -0.2) is 9.78 Å². The third-order valence-corrected chi connectivity index (χ3v) is 2.75. The Morgan fingerprint density at radius 1 is 1.32 bits per heavy atom. The van der Waals surface area contributed by atoms with E-state index in [1.165, 1.54) is 4.90 Å². The van der Waals surface area contributed by atoms with E-state index < -0.39 is 17.8 Å². The minimum atomic E-state index is -4.59. The summed E-state index contributed by atoms with van der Waals surface area (Å²) in [7, 11) is 0. The molecule has 0 radical (unpaired) electrons. The molecule has 0 atom stereocenters. The number of carboxylic acids is 1. The SMILES string of the molecule is O=C(O)c1ccc(C(F)(F)F)nc1N1CC=CCC1. The van der Waals surface area contributed by atoms with Crippen LogP contribution < -0.4 is 4.90 Å². The lowest BCUT2D eigenvalue weighted by molar-refractivity contribution is -0.141. The number of hydrogen-bond donors (Lipinski definition) is 1. The molecule has 1 aromatic rings. The van der Waals surface area contributed by atoms with E-state index in [4.69, 9.17) is 5.11 Å². The molecule has 19 heavy (non-hydrogen) atoms. The summed E-state index contributed by atoms with van der Waals surface area (Å²) in [6, 6.07) is 1.64. The molecular weight excluding hydrogens is 261 g/mol. The Hall–Kier alpha value is -2.05. The number of anilines is 1. The summed E-state index contributed by atoms with van der Waals surface area (Å²) >= 11 is 0. The van der Waals surface area contributed by atoms with Gasteiger partial charge in [-0.3, -0.25) is 0 Å². The van der Waals surface area contributed by atoms with Gasteiger partial charge in [-0.15, -0.1) is 0 Å². The van der Waals surface area contributed by atoms with Crippen molar-refractivity contribution >= 4 is 11.8 Å². The fourth-order valence-electron chi connectivity index (χ4n) is 1.85. The highest BCUT2D eigenvalue weighted by atomic mass is 19.4. The van der Waals surface area contributed by atoms with Gasteiger partial charge in [0.1, 0.15) is 17.1 Å². The normalized spacial score (nSPS) is 15.6. The Bertz CT molecular complexity index is 526. The van der Waals surface area contributed by atoms with E-state index in [0.717, 1.165) is 6.07 Å². The van der Waals surface area contributed by atoms with Crippen LogP contribution in [0, 0.1) is 0 Å². The van der Waals surface area contributed by atoms with Gasteiger partial charge in [-0.1, -0.05) is 12.2 Å². The molecule has 4 nitrogen and oxygen atoms in total. The maximum atomic E-state index is 12.6. The number of pyridine rings is 1. The molecule has 0 spiro atoms. The van der Waals surface area contributed by atoms with Crippen molar-refractivity contribution in [3.63, 3.8) is 0 Å². The number of aromatic nitrogens is 1. The molecule has 1 aliphatic rings. The number of aromatic carboxylic acids is 1. The fourth-order valence-corrected chi connectivity index (χ4v) is 1.85. The van der Waals surface area contributed by atoms with Crippen molar-refractivity contribution in [1.82, 2.24) is 4.98 Å². The third kappa shape index (κ3) is 2.86. The molecule has 1 aromatic heterocycles.